The molecule has 1 heterocycles. The van der Waals surface area contributed by atoms with Crippen LogP contribution in [0.25, 0.3) is 0 Å². The average Bonchev–Trinajstić information content (AvgIpc) is 3.42. The molecule has 0 bridgehead atoms. The van der Waals surface area contributed by atoms with E-state index in [-0.39, 0.29) is 5.91 Å². The van der Waals surface area contributed by atoms with Crippen molar-refractivity contribution in [2.24, 2.45) is 16.8 Å². The fourth-order valence-corrected chi connectivity index (χ4v) is 4.57. The van der Waals surface area contributed by atoms with Crippen LogP contribution in [0.3, 0.4) is 0 Å². The summed E-state index contributed by atoms with van der Waals surface area (Å²) in [6.07, 6.45) is 10.6. The third kappa shape index (κ3) is 5.35. The molecule has 3 aliphatic rings. The van der Waals surface area contributed by atoms with Gasteiger partial charge >= 0.3 is 0 Å². The van der Waals surface area contributed by atoms with Crippen molar-refractivity contribution in [2.75, 3.05) is 40.8 Å². The minimum Gasteiger partial charge on any atom is -0.354 e. The van der Waals surface area contributed by atoms with Crippen molar-refractivity contribution < 1.29 is 4.79 Å². The quantitative estimate of drug-likeness (QED) is 0.576. The number of rotatable bonds is 5. The number of carbonyl (C=O) groups is 1. The maximum absolute atomic E-state index is 11.8. The second kappa shape index (κ2) is 9.07. The highest BCUT2D eigenvalue weighted by atomic mass is 16.2. The fourth-order valence-electron chi connectivity index (χ4n) is 4.57. The predicted octanol–water partition coefficient (Wildman–Crippen LogP) is 1.67. The van der Waals surface area contributed by atoms with Crippen LogP contribution in [0.2, 0.25) is 0 Å². The van der Waals surface area contributed by atoms with Crippen LogP contribution in [-0.4, -0.2) is 74.5 Å². The zero-order valence-corrected chi connectivity index (χ0v) is 16.8. The van der Waals surface area contributed by atoms with Crippen LogP contribution >= 0.6 is 0 Å². The van der Waals surface area contributed by atoms with E-state index in [2.05, 4.69) is 20.5 Å². The van der Waals surface area contributed by atoms with Gasteiger partial charge in [-0.3, -0.25) is 14.7 Å². The number of hydrogen-bond acceptors (Lipinski definition) is 3. The molecule has 3 fully saturated rings. The van der Waals surface area contributed by atoms with Crippen LogP contribution in [-0.2, 0) is 4.79 Å². The molecule has 1 aliphatic heterocycles. The number of piperidine rings is 1. The van der Waals surface area contributed by atoms with Crippen molar-refractivity contribution >= 4 is 11.9 Å². The van der Waals surface area contributed by atoms with E-state index in [1.54, 1.807) is 4.90 Å². The van der Waals surface area contributed by atoms with Crippen molar-refractivity contribution in [3.63, 3.8) is 0 Å². The number of aliphatic imine (C=N–C) groups is 1. The minimum atomic E-state index is 0.191. The third-order valence-electron chi connectivity index (χ3n) is 6.43. The Morgan fingerprint density at radius 3 is 2.38 bits per heavy atom. The lowest BCUT2D eigenvalue weighted by molar-refractivity contribution is -0.130. The highest BCUT2D eigenvalue weighted by Gasteiger charge is 2.43. The summed E-state index contributed by atoms with van der Waals surface area (Å²) in [5, 5.41) is 7.27. The Hall–Kier alpha value is -1.30. The normalized spacial score (nSPS) is 28.7. The van der Waals surface area contributed by atoms with Gasteiger partial charge in [0.15, 0.2) is 5.96 Å². The summed E-state index contributed by atoms with van der Waals surface area (Å²) in [6, 6.07) is 1.08. The van der Waals surface area contributed by atoms with Crippen LogP contribution in [0.15, 0.2) is 4.99 Å². The van der Waals surface area contributed by atoms with Gasteiger partial charge in [0.05, 0.1) is 6.54 Å². The van der Waals surface area contributed by atoms with Crippen LogP contribution in [0.1, 0.15) is 51.4 Å². The first-order valence-electron chi connectivity index (χ1n) is 10.5. The molecule has 0 aromatic rings. The van der Waals surface area contributed by atoms with Crippen molar-refractivity contribution in [3.8, 4) is 0 Å². The standard InChI is InChI=1S/C20H37N5O/c1-21-20(23-18-13-17(18)15-7-5-4-6-8-15)22-16-9-11-25(12-10-16)14-19(26)24(2)3/h15-18H,4-14H2,1-3H3,(H2,21,22,23). The molecule has 0 aromatic carbocycles. The van der Waals surface area contributed by atoms with Crippen LogP contribution in [0.4, 0.5) is 0 Å². The minimum absolute atomic E-state index is 0.191. The highest BCUT2D eigenvalue weighted by Crippen LogP contribution is 2.44. The first-order valence-corrected chi connectivity index (χ1v) is 10.5. The van der Waals surface area contributed by atoms with E-state index < -0.39 is 0 Å². The Bertz CT molecular complexity index is 492. The van der Waals surface area contributed by atoms with E-state index in [0.29, 0.717) is 18.6 Å². The molecule has 0 aromatic heterocycles. The number of amides is 1. The Morgan fingerprint density at radius 2 is 1.77 bits per heavy atom. The largest absolute Gasteiger partial charge is 0.354 e. The zero-order chi connectivity index (χ0) is 18.5. The van der Waals surface area contributed by atoms with Crippen molar-refractivity contribution in [2.45, 2.75) is 63.5 Å². The van der Waals surface area contributed by atoms with E-state index in [1.807, 2.05) is 21.1 Å². The molecule has 0 radical (unpaired) electrons. The first-order chi connectivity index (χ1) is 12.6. The van der Waals surface area contributed by atoms with Gasteiger partial charge in [0.1, 0.15) is 0 Å². The Balaban J connectivity index is 1.36. The molecule has 2 N–H and O–H groups in total. The molecular formula is C20H37N5O. The van der Waals surface area contributed by atoms with Gasteiger partial charge in [-0.05, 0) is 31.1 Å². The molecule has 6 nitrogen and oxygen atoms in total. The number of likely N-dealkylation sites (N-methyl/N-ethyl adjacent to an activating group) is 1. The van der Waals surface area contributed by atoms with Crippen molar-refractivity contribution in [1.29, 1.82) is 0 Å². The molecule has 1 saturated heterocycles. The fraction of sp³-hybridized carbons (Fsp3) is 0.900. The van der Waals surface area contributed by atoms with Gasteiger partial charge in [0, 0.05) is 46.3 Å². The average molecular weight is 364 g/mol. The zero-order valence-electron chi connectivity index (χ0n) is 16.8. The van der Waals surface area contributed by atoms with E-state index in [4.69, 9.17) is 0 Å². The lowest BCUT2D eigenvalue weighted by Gasteiger charge is -2.33. The smallest absolute Gasteiger partial charge is 0.236 e. The summed E-state index contributed by atoms with van der Waals surface area (Å²) in [5.41, 5.74) is 0. The summed E-state index contributed by atoms with van der Waals surface area (Å²) in [5.74, 6) is 2.97. The summed E-state index contributed by atoms with van der Waals surface area (Å²) < 4.78 is 0. The molecule has 0 spiro atoms. The van der Waals surface area contributed by atoms with Gasteiger partial charge in [-0.2, -0.15) is 0 Å². The monoisotopic (exact) mass is 363 g/mol. The SMILES string of the molecule is CN=C(NC1CCN(CC(=O)N(C)C)CC1)NC1CC1C1CCCCC1. The predicted molar refractivity (Wildman–Crippen MR) is 106 cm³/mol. The third-order valence-corrected chi connectivity index (χ3v) is 6.43. The van der Waals surface area contributed by atoms with E-state index >= 15 is 0 Å². The number of guanidine groups is 1. The topological polar surface area (TPSA) is 60.0 Å². The molecule has 3 rings (SSSR count). The molecule has 2 saturated carbocycles. The first kappa shape index (κ1) is 19.5. The Labute approximate surface area is 158 Å². The van der Waals surface area contributed by atoms with Gasteiger partial charge in [-0.25, -0.2) is 0 Å². The summed E-state index contributed by atoms with van der Waals surface area (Å²) in [7, 11) is 5.52. The van der Waals surface area contributed by atoms with Gasteiger partial charge in [-0.15, -0.1) is 0 Å². The van der Waals surface area contributed by atoms with Crippen molar-refractivity contribution in [3.05, 3.63) is 0 Å². The Morgan fingerprint density at radius 1 is 1.08 bits per heavy atom. The Kier molecular flexibility index (Phi) is 6.79. The van der Waals surface area contributed by atoms with E-state index in [9.17, 15) is 4.79 Å². The second-order valence-corrected chi connectivity index (χ2v) is 8.60. The maximum Gasteiger partial charge on any atom is 0.236 e. The number of hydrogen-bond donors (Lipinski definition) is 2. The van der Waals surface area contributed by atoms with E-state index in [0.717, 1.165) is 43.7 Å². The maximum atomic E-state index is 11.8. The van der Waals surface area contributed by atoms with E-state index in [1.165, 1.54) is 38.5 Å². The summed E-state index contributed by atoms with van der Waals surface area (Å²) in [6.45, 7) is 2.49. The van der Waals surface area contributed by atoms with Crippen LogP contribution in [0.5, 0.6) is 0 Å². The lowest BCUT2D eigenvalue weighted by atomic mass is 9.85. The number of nitrogens with zero attached hydrogens (tertiary/aromatic N) is 3. The highest BCUT2D eigenvalue weighted by molar-refractivity contribution is 5.80. The number of nitrogens with one attached hydrogen (secondary N) is 2. The molecule has 148 valence electrons. The summed E-state index contributed by atoms with van der Waals surface area (Å²) >= 11 is 0. The lowest BCUT2D eigenvalue weighted by Crippen LogP contribution is -2.50. The molecule has 1 amide bonds. The molecule has 2 atom stereocenters. The van der Waals surface area contributed by atoms with Crippen LogP contribution < -0.4 is 10.6 Å². The number of carbonyl (C=O) groups excluding carboxylic acids is 1. The van der Waals surface area contributed by atoms with Gasteiger partial charge in [-0.1, -0.05) is 32.1 Å². The second-order valence-electron chi connectivity index (χ2n) is 8.60. The van der Waals surface area contributed by atoms with Gasteiger partial charge in [0.2, 0.25) is 5.91 Å². The molecule has 2 aliphatic carbocycles. The van der Waals surface area contributed by atoms with Crippen LogP contribution in [0, 0.1) is 11.8 Å². The number of likely N-dealkylation sites (tertiary alicyclic amines) is 1. The van der Waals surface area contributed by atoms with Gasteiger partial charge < -0.3 is 15.5 Å². The van der Waals surface area contributed by atoms with Crippen molar-refractivity contribution in [1.82, 2.24) is 20.4 Å². The molecule has 6 heteroatoms. The summed E-state index contributed by atoms with van der Waals surface area (Å²) in [4.78, 5) is 20.2. The molecule has 26 heavy (non-hydrogen) atoms. The van der Waals surface area contributed by atoms with Gasteiger partial charge in [0.25, 0.3) is 0 Å². The molecular weight excluding hydrogens is 326 g/mol. The molecule has 2 unspecified atom stereocenters.